The predicted octanol–water partition coefficient (Wildman–Crippen LogP) is 5.89. The van der Waals surface area contributed by atoms with Crippen molar-refractivity contribution in [1.82, 2.24) is 0 Å². The van der Waals surface area contributed by atoms with Gasteiger partial charge in [-0.2, -0.15) is 43.9 Å². The Labute approximate surface area is 172 Å². The topological polar surface area (TPSA) is 74.6 Å². The molecule has 0 saturated heterocycles. The summed E-state index contributed by atoms with van der Waals surface area (Å²) in [5.41, 5.74) is -0.513. The summed E-state index contributed by atoms with van der Waals surface area (Å²) in [5, 5.41) is 16.3. The lowest BCUT2D eigenvalue weighted by molar-refractivity contribution is -0.413. The van der Waals surface area contributed by atoms with E-state index in [0.29, 0.717) is 6.08 Å². The highest BCUT2D eigenvalue weighted by atomic mass is 19.4. The zero-order valence-corrected chi connectivity index (χ0v) is 16.0. The number of carbonyl (C=O) groups is 2. The average molecular weight is 500 g/mol. The minimum atomic E-state index is -7.56. The smallest absolute Gasteiger partial charge is 0.384 e. The first-order valence-electron chi connectivity index (χ1n) is 7.87. The molecule has 0 amide bonds. The molecule has 188 valence electrons. The van der Waals surface area contributed by atoms with Crippen LogP contribution in [0.1, 0.15) is 26.7 Å². The highest BCUT2D eigenvalue weighted by molar-refractivity contribution is 5.85. The zero-order chi connectivity index (χ0) is 26.5. The second-order valence-corrected chi connectivity index (χ2v) is 6.17. The van der Waals surface area contributed by atoms with E-state index in [2.05, 4.69) is 6.58 Å². The molecule has 0 aromatic heterocycles. The summed E-state index contributed by atoms with van der Waals surface area (Å²) in [6.45, 7) is 5.40. The molecule has 0 aliphatic heterocycles. The fourth-order valence-corrected chi connectivity index (χ4v) is 1.49. The summed E-state index contributed by atoms with van der Waals surface area (Å²) in [7, 11) is 0. The minimum absolute atomic E-state index is 0.176. The molecule has 32 heavy (non-hydrogen) atoms. The van der Waals surface area contributed by atoms with Gasteiger partial charge in [-0.3, -0.25) is 0 Å². The van der Waals surface area contributed by atoms with E-state index in [1.54, 1.807) is 0 Å². The number of allylic oxidation sites excluding steroid dienone is 1. The lowest BCUT2D eigenvalue weighted by atomic mass is 9.92. The molecule has 0 radical (unpaired) electrons. The Balaban J connectivity index is 0. The second kappa shape index (κ2) is 10.5. The Bertz CT molecular complexity index is 717. The normalized spacial score (nSPS) is 14.0. The monoisotopic (exact) mass is 500 g/mol. The summed E-state index contributed by atoms with van der Waals surface area (Å²) >= 11 is 0. The van der Waals surface area contributed by atoms with E-state index >= 15 is 0 Å². The van der Waals surface area contributed by atoms with Crippen molar-refractivity contribution in [3.05, 3.63) is 23.8 Å². The van der Waals surface area contributed by atoms with Crippen LogP contribution in [0, 0.1) is 0 Å². The highest BCUT2D eigenvalue weighted by Crippen LogP contribution is 2.58. The molecule has 0 atom stereocenters. The van der Waals surface area contributed by atoms with E-state index < -0.39 is 66.4 Å². The first-order valence-corrected chi connectivity index (χ1v) is 7.87. The number of hydrogen-bond acceptors (Lipinski definition) is 2. The van der Waals surface area contributed by atoms with Crippen molar-refractivity contribution < 1.29 is 72.5 Å². The first kappa shape index (κ1) is 31.8. The van der Waals surface area contributed by atoms with Crippen LogP contribution in [0.4, 0.5) is 52.7 Å². The van der Waals surface area contributed by atoms with E-state index in [9.17, 15) is 62.3 Å². The van der Waals surface area contributed by atoms with Gasteiger partial charge in [-0.05, 0) is 20.3 Å². The van der Waals surface area contributed by atoms with Gasteiger partial charge >= 0.3 is 48.0 Å². The van der Waals surface area contributed by atoms with Gasteiger partial charge in [0, 0.05) is 17.6 Å². The molecular formula is C16H16F12O4. The standard InChI is InChI=1S/C12H10F12O2.C4H6O2/c1-5(6(25)26)3-2-4-8(15,16)10(19,20)12(23,24)11(21,22)9(17,18)7(13)14;1-3(2)4(5)6/h3,7H,2,4H2,1H3,(H,25,26);1H2,2H3,(H,5,6). The Morgan fingerprint density at radius 3 is 1.47 bits per heavy atom. The molecule has 0 unspecified atom stereocenters. The van der Waals surface area contributed by atoms with E-state index in [1.807, 2.05) is 0 Å². The van der Waals surface area contributed by atoms with E-state index in [1.165, 1.54) is 6.92 Å². The van der Waals surface area contributed by atoms with Crippen LogP contribution < -0.4 is 0 Å². The molecule has 0 heterocycles. The number of carboxylic acid groups (broad SMARTS) is 2. The van der Waals surface area contributed by atoms with Gasteiger partial charge in [-0.1, -0.05) is 12.7 Å². The maximum Gasteiger partial charge on any atom is 0.384 e. The molecule has 0 saturated carbocycles. The van der Waals surface area contributed by atoms with Crippen molar-refractivity contribution in [2.75, 3.05) is 0 Å². The summed E-state index contributed by atoms with van der Waals surface area (Å²) in [6, 6.07) is 0. The van der Waals surface area contributed by atoms with Crippen molar-refractivity contribution >= 4 is 11.9 Å². The van der Waals surface area contributed by atoms with Gasteiger partial charge in [-0.15, -0.1) is 0 Å². The number of rotatable bonds is 10. The molecule has 0 spiro atoms. The lowest BCUT2D eigenvalue weighted by Gasteiger charge is -2.39. The zero-order valence-electron chi connectivity index (χ0n) is 16.0. The summed E-state index contributed by atoms with van der Waals surface area (Å²) < 4.78 is 154. The molecule has 0 fully saturated rings. The van der Waals surface area contributed by atoms with Crippen LogP contribution in [0.5, 0.6) is 0 Å². The molecule has 0 aliphatic carbocycles. The third kappa shape index (κ3) is 6.54. The van der Waals surface area contributed by atoms with E-state index in [-0.39, 0.29) is 5.57 Å². The molecule has 4 nitrogen and oxygen atoms in total. The molecule has 2 N–H and O–H groups in total. The summed E-state index contributed by atoms with van der Waals surface area (Å²) in [6.07, 6.45) is -8.88. The third-order valence-corrected chi connectivity index (χ3v) is 3.55. The maximum absolute atomic E-state index is 13.3. The van der Waals surface area contributed by atoms with Gasteiger partial charge < -0.3 is 10.2 Å². The van der Waals surface area contributed by atoms with Crippen LogP contribution in [0.25, 0.3) is 0 Å². The quantitative estimate of drug-likeness (QED) is 0.290. The largest absolute Gasteiger partial charge is 0.478 e. The summed E-state index contributed by atoms with van der Waals surface area (Å²) in [4.78, 5) is 19.9. The predicted molar refractivity (Wildman–Crippen MR) is 83.8 cm³/mol. The van der Waals surface area contributed by atoms with E-state index in [0.717, 1.165) is 6.92 Å². The van der Waals surface area contributed by atoms with Gasteiger partial charge in [0.15, 0.2) is 0 Å². The Morgan fingerprint density at radius 1 is 0.812 bits per heavy atom. The molecule has 0 bridgehead atoms. The SMILES string of the molecule is C=C(C)C(=O)O.CC(=CCCC(F)(F)C(F)(F)C(F)(F)C(F)(F)C(F)(F)C(F)F)C(=O)O. The lowest BCUT2D eigenvalue weighted by Crippen LogP contribution is -2.68. The average Bonchev–Trinajstić information content (AvgIpc) is 2.60. The summed E-state index contributed by atoms with van der Waals surface area (Å²) in [5.74, 6) is -38.0. The van der Waals surface area contributed by atoms with Crippen LogP contribution >= 0.6 is 0 Å². The number of aliphatic carboxylic acids is 2. The number of halogens is 12. The van der Waals surface area contributed by atoms with Crippen molar-refractivity contribution in [2.45, 2.75) is 62.7 Å². The molecule has 0 aromatic rings. The maximum atomic E-state index is 13.3. The van der Waals surface area contributed by atoms with Crippen LogP contribution in [-0.4, -0.2) is 58.2 Å². The number of alkyl halides is 12. The minimum Gasteiger partial charge on any atom is -0.478 e. The fraction of sp³-hybridized carbons (Fsp3) is 0.625. The van der Waals surface area contributed by atoms with Crippen LogP contribution in [0.3, 0.4) is 0 Å². The molecular weight excluding hydrogens is 484 g/mol. The Kier molecular flexibility index (Phi) is 10.4. The molecule has 16 heteroatoms. The van der Waals surface area contributed by atoms with Gasteiger partial charge in [0.25, 0.3) is 0 Å². The van der Waals surface area contributed by atoms with Crippen molar-refractivity contribution in [3.8, 4) is 0 Å². The third-order valence-electron chi connectivity index (χ3n) is 3.55. The van der Waals surface area contributed by atoms with Crippen LogP contribution in [0.2, 0.25) is 0 Å². The van der Waals surface area contributed by atoms with Gasteiger partial charge in [-0.25, -0.2) is 18.4 Å². The van der Waals surface area contributed by atoms with Crippen LogP contribution in [0.15, 0.2) is 23.8 Å². The molecule has 0 aromatic carbocycles. The molecule has 0 rings (SSSR count). The molecule has 0 aliphatic rings. The highest BCUT2D eigenvalue weighted by Gasteiger charge is 2.87. The number of carboxylic acids is 2. The number of hydrogen-bond donors (Lipinski definition) is 2. The Hall–Kier alpha value is -2.42. The van der Waals surface area contributed by atoms with Crippen molar-refractivity contribution in [1.29, 1.82) is 0 Å². The Morgan fingerprint density at radius 2 is 1.19 bits per heavy atom. The van der Waals surface area contributed by atoms with E-state index in [4.69, 9.17) is 10.2 Å². The fourth-order valence-electron chi connectivity index (χ4n) is 1.49. The van der Waals surface area contributed by atoms with Crippen molar-refractivity contribution in [2.24, 2.45) is 0 Å². The first-order chi connectivity index (χ1) is 13.9. The van der Waals surface area contributed by atoms with Gasteiger partial charge in [0.2, 0.25) is 0 Å². The van der Waals surface area contributed by atoms with Crippen molar-refractivity contribution in [3.63, 3.8) is 0 Å². The van der Waals surface area contributed by atoms with Gasteiger partial charge in [0.1, 0.15) is 0 Å². The van der Waals surface area contributed by atoms with Crippen LogP contribution in [-0.2, 0) is 9.59 Å². The van der Waals surface area contributed by atoms with Gasteiger partial charge in [0.05, 0.1) is 0 Å². The second-order valence-electron chi connectivity index (χ2n) is 6.17.